The molecular formula is C9H13N3O3. The Labute approximate surface area is 85.9 Å². The van der Waals surface area contributed by atoms with Gasteiger partial charge in [-0.3, -0.25) is 4.57 Å². The highest BCUT2D eigenvalue weighted by atomic mass is 16.4. The van der Waals surface area contributed by atoms with Gasteiger partial charge in [-0.15, -0.1) is 0 Å². The van der Waals surface area contributed by atoms with Gasteiger partial charge in [-0.05, 0) is 12.8 Å². The highest BCUT2D eigenvalue weighted by molar-refractivity contribution is 5.76. The Morgan fingerprint density at radius 2 is 2.13 bits per heavy atom. The number of aliphatic carboxylic acids is 1. The minimum Gasteiger partial charge on any atom is -0.479 e. The molecule has 6 heteroatoms. The van der Waals surface area contributed by atoms with E-state index >= 15 is 0 Å². The molecule has 0 atom stereocenters. The first-order valence-corrected chi connectivity index (χ1v) is 5.03. The lowest BCUT2D eigenvalue weighted by Gasteiger charge is -2.33. The summed E-state index contributed by atoms with van der Waals surface area (Å²) in [7, 11) is 0. The highest BCUT2D eigenvalue weighted by Crippen LogP contribution is 2.33. The quantitative estimate of drug-likeness (QED) is 0.737. The lowest BCUT2D eigenvalue weighted by molar-refractivity contribution is -0.149. The van der Waals surface area contributed by atoms with Gasteiger partial charge in [-0.25, -0.2) is 14.7 Å². The van der Waals surface area contributed by atoms with E-state index in [1.165, 1.54) is 10.9 Å². The molecule has 0 aliphatic heterocycles. The van der Waals surface area contributed by atoms with Gasteiger partial charge in [0.05, 0.1) is 0 Å². The van der Waals surface area contributed by atoms with Crippen LogP contribution in [0.2, 0.25) is 0 Å². The second-order valence-corrected chi connectivity index (χ2v) is 3.93. The molecule has 0 spiro atoms. The first-order chi connectivity index (χ1) is 7.17. The van der Waals surface area contributed by atoms with Crippen LogP contribution in [0.4, 0.5) is 0 Å². The third-order valence-corrected chi connectivity index (χ3v) is 3.09. The van der Waals surface area contributed by atoms with Crippen molar-refractivity contribution in [2.75, 3.05) is 0 Å². The smallest absolute Gasteiger partial charge is 0.344 e. The van der Waals surface area contributed by atoms with Crippen molar-refractivity contribution >= 4 is 5.97 Å². The van der Waals surface area contributed by atoms with Crippen molar-refractivity contribution in [1.82, 2.24) is 14.8 Å². The zero-order chi connectivity index (χ0) is 10.9. The molecule has 1 aliphatic carbocycles. The summed E-state index contributed by atoms with van der Waals surface area (Å²) in [6, 6.07) is 0. The van der Waals surface area contributed by atoms with Gasteiger partial charge in [0.15, 0.2) is 0 Å². The number of rotatable bonds is 2. The van der Waals surface area contributed by atoms with Gasteiger partial charge in [-0.1, -0.05) is 19.3 Å². The fourth-order valence-electron chi connectivity index (χ4n) is 2.25. The molecule has 1 saturated carbocycles. The number of carboxylic acid groups (broad SMARTS) is 1. The van der Waals surface area contributed by atoms with Crippen LogP contribution in [0.25, 0.3) is 0 Å². The largest absolute Gasteiger partial charge is 0.479 e. The Hall–Kier alpha value is -1.59. The average molecular weight is 211 g/mol. The number of aromatic nitrogens is 3. The molecule has 1 aliphatic rings. The third-order valence-electron chi connectivity index (χ3n) is 3.09. The van der Waals surface area contributed by atoms with E-state index in [2.05, 4.69) is 10.2 Å². The molecule has 1 aromatic heterocycles. The normalized spacial score (nSPS) is 20.0. The number of H-pyrrole nitrogens is 1. The van der Waals surface area contributed by atoms with Gasteiger partial charge in [-0.2, -0.15) is 5.10 Å². The standard InChI is InChI=1S/C9H13N3O3/c13-7(14)9(4-2-1-3-5-9)12-6-10-11-8(12)15/h6H,1-5H2,(H,11,15)(H,13,14). The zero-order valence-electron chi connectivity index (χ0n) is 8.27. The van der Waals surface area contributed by atoms with E-state index in [-0.39, 0.29) is 0 Å². The van der Waals surface area contributed by atoms with E-state index in [1.54, 1.807) is 0 Å². The van der Waals surface area contributed by atoms with E-state index in [9.17, 15) is 14.7 Å². The van der Waals surface area contributed by atoms with Gasteiger partial charge in [0.2, 0.25) is 0 Å². The molecule has 1 aromatic rings. The average Bonchev–Trinajstić information content (AvgIpc) is 2.66. The second kappa shape index (κ2) is 3.52. The summed E-state index contributed by atoms with van der Waals surface area (Å²) in [5.41, 5.74) is -1.53. The predicted molar refractivity (Wildman–Crippen MR) is 51.5 cm³/mol. The molecule has 0 aromatic carbocycles. The molecule has 2 rings (SSSR count). The van der Waals surface area contributed by atoms with Crippen LogP contribution < -0.4 is 5.69 Å². The van der Waals surface area contributed by atoms with E-state index in [4.69, 9.17) is 0 Å². The van der Waals surface area contributed by atoms with Gasteiger partial charge < -0.3 is 5.11 Å². The summed E-state index contributed by atoms with van der Waals surface area (Å²) in [5, 5.41) is 15.1. The maximum absolute atomic E-state index is 11.4. The Morgan fingerprint density at radius 3 is 2.60 bits per heavy atom. The number of nitrogens with zero attached hydrogens (tertiary/aromatic N) is 2. The molecule has 6 nitrogen and oxygen atoms in total. The van der Waals surface area contributed by atoms with Crippen molar-refractivity contribution in [1.29, 1.82) is 0 Å². The Balaban J connectivity index is 2.47. The van der Waals surface area contributed by atoms with Crippen molar-refractivity contribution in [2.45, 2.75) is 37.6 Å². The fraction of sp³-hybridized carbons (Fsp3) is 0.667. The van der Waals surface area contributed by atoms with Gasteiger partial charge in [0.25, 0.3) is 0 Å². The SMILES string of the molecule is O=C(O)C1(n2cn[nH]c2=O)CCCCC1. The molecule has 1 heterocycles. The van der Waals surface area contributed by atoms with E-state index in [1.807, 2.05) is 0 Å². The topological polar surface area (TPSA) is 88.0 Å². The zero-order valence-corrected chi connectivity index (χ0v) is 8.27. The van der Waals surface area contributed by atoms with Crippen LogP contribution >= 0.6 is 0 Å². The third kappa shape index (κ3) is 1.45. The van der Waals surface area contributed by atoms with Gasteiger partial charge in [0, 0.05) is 0 Å². The molecular weight excluding hydrogens is 198 g/mol. The van der Waals surface area contributed by atoms with Crippen molar-refractivity contribution < 1.29 is 9.90 Å². The number of carboxylic acids is 1. The highest BCUT2D eigenvalue weighted by Gasteiger charge is 2.42. The molecule has 0 amide bonds. The first-order valence-electron chi connectivity index (χ1n) is 5.03. The molecule has 0 unspecified atom stereocenters. The van der Waals surface area contributed by atoms with Gasteiger partial charge in [0.1, 0.15) is 11.9 Å². The van der Waals surface area contributed by atoms with Gasteiger partial charge >= 0.3 is 11.7 Å². The minimum absolute atomic E-state index is 0.445. The molecule has 0 radical (unpaired) electrons. The molecule has 0 bridgehead atoms. The van der Waals surface area contributed by atoms with E-state index in [0.29, 0.717) is 12.8 Å². The van der Waals surface area contributed by atoms with Crippen LogP contribution in [0.1, 0.15) is 32.1 Å². The summed E-state index contributed by atoms with van der Waals surface area (Å²) >= 11 is 0. The summed E-state index contributed by atoms with van der Waals surface area (Å²) in [6.07, 6.45) is 4.99. The van der Waals surface area contributed by atoms with Crippen LogP contribution in [-0.2, 0) is 10.3 Å². The number of aromatic amines is 1. The predicted octanol–water partition coefficient (Wildman–Crippen LogP) is 0.315. The van der Waals surface area contributed by atoms with Crippen LogP contribution in [0.5, 0.6) is 0 Å². The van der Waals surface area contributed by atoms with Crippen molar-refractivity contribution in [3.05, 3.63) is 16.8 Å². The molecule has 2 N–H and O–H groups in total. The molecule has 82 valence electrons. The van der Waals surface area contributed by atoms with Crippen molar-refractivity contribution in [2.24, 2.45) is 0 Å². The minimum atomic E-state index is -1.08. The monoisotopic (exact) mass is 211 g/mol. The fourth-order valence-corrected chi connectivity index (χ4v) is 2.25. The lowest BCUT2D eigenvalue weighted by atomic mass is 9.81. The van der Waals surface area contributed by atoms with Crippen LogP contribution in [0.15, 0.2) is 11.1 Å². The summed E-state index contributed by atoms with van der Waals surface area (Å²) in [6.45, 7) is 0. The van der Waals surface area contributed by atoms with Crippen LogP contribution in [0, 0.1) is 0 Å². The number of hydrogen-bond acceptors (Lipinski definition) is 3. The maximum atomic E-state index is 11.4. The maximum Gasteiger partial charge on any atom is 0.344 e. The lowest BCUT2D eigenvalue weighted by Crippen LogP contribution is -2.47. The molecule has 0 saturated heterocycles. The second-order valence-electron chi connectivity index (χ2n) is 3.93. The molecule has 15 heavy (non-hydrogen) atoms. The number of nitrogens with one attached hydrogen (secondary N) is 1. The van der Waals surface area contributed by atoms with Crippen molar-refractivity contribution in [3.8, 4) is 0 Å². The summed E-state index contributed by atoms with van der Waals surface area (Å²) in [5.74, 6) is -0.939. The van der Waals surface area contributed by atoms with E-state index in [0.717, 1.165) is 19.3 Å². The number of carbonyl (C=O) groups is 1. The Morgan fingerprint density at radius 1 is 1.47 bits per heavy atom. The summed E-state index contributed by atoms with van der Waals surface area (Å²) in [4.78, 5) is 22.7. The summed E-state index contributed by atoms with van der Waals surface area (Å²) < 4.78 is 1.22. The van der Waals surface area contributed by atoms with E-state index < -0.39 is 17.2 Å². The molecule has 1 fully saturated rings. The van der Waals surface area contributed by atoms with Crippen molar-refractivity contribution in [3.63, 3.8) is 0 Å². The van der Waals surface area contributed by atoms with Crippen LogP contribution in [0.3, 0.4) is 0 Å². The number of hydrogen-bond donors (Lipinski definition) is 2. The Bertz CT molecular complexity index is 414. The van der Waals surface area contributed by atoms with Crippen LogP contribution in [-0.4, -0.2) is 25.8 Å². The first kappa shape index (κ1) is 9.95. The Kier molecular flexibility index (Phi) is 2.34.